The normalized spacial score (nSPS) is 18.0. The third kappa shape index (κ3) is 2.40. The number of nitrogens with zero attached hydrogens (tertiary/aromatic N) is 2. The second-order valence-electron chi connectivity index (χ2n) is 5.99. The van der Waals surface area contributed by atoms with Gasteiger partial charge in [-0.05, 0) is 63.4 Å². The van der Waals surface area contributed by atoms with Gasteiger partial charge in [-0.25, -0.2) is 4.98 Å². The van der Waals surface area contributed by atoms with Gasteiger partial charge in [-0.2, -0.15) is 0 Å². The average Bonchev–Trinajstić information content (AvgIpc) is 2.90. The largest absolute Gasteiger partial charge is 0.373 e. The van der Waals surface area contributed by atoms with Crippen molar-refractivity contribution in [3.8, 4) is 0 Å². The Morgan fingerprint density at radius 2 is 2.05 bits per heavy atom. The number of likely N-dealkylation sites (tertiary alicyclic amines) is 1. The van der Waals surface area contributed by atoms with Crippen molar-refractivity contribution in [2.75, 3.05) is 25.5 Å². The molecule has 1 aliphatic rings. The highest BCUT2D eigenvalue weighted by Crippen LogP contribution is 2.33. The van der Waals surface area contributed by atoms with E-state index >= 15 is 0 Å². The number of fused-ring (bicyclic) bond motifs is 1. The number of nitrogens with one attached hydrogen (secondary N) is 2. The fourth-order valence-corrected chi connectivity index (χ4v) is 3.20. The van der Waals surface area contributed by atoms with Crippen molar-refractivity contribution in [3.05, 3.63) is 23.9 Å². The molecule has 0 unspecified atom stereocenters. The molecule has 1 aliphatic heterocycles. The van der Waals surface area contributed by atoms with Gasteiger partial charge in [-0.1, -0.05) is 0 Å². The Labute approximate surface area is 120 Å². The third-order valence-corrected chi connectivity index (χ3v) is 4.51. The van der Waals surface area contributed by atoms with Crippen molar-refractivity contribution in [3.63, 3.8) is 0 Å². The lowest BCUT2D eigenvalue weighted by Crippen LogP contribution is -2.37. The summed E-state index contributed by atoms with van der Waals surface area (Å²) < 4.78 is 0. The summed E-state index contributed by atoms with van der Waals surface area (Å²) in [4.78, 5) is 10.7. The van der Waals surface area contributed by atoms with Crippen molar-refractivity contribution in [1.29, 1.82) is 0 Å². The number of rotatable bonds is 3. The molecule has 0 radical (unpaired) electrons. The molecule has 0 aromatic carbocycles. The molecule has 0 bridgehead atoms. The van der Waals surface area contributed by atoms with E-state index in [0.29, 0.717) is 12.0 Å². The number of aromatic amines is 1. The van der Waals surface area contributed by atoms with Crippen LogP contribution in [0.5, 0.6) is 0 Å². The fraction of sp³-hybridized carbons (Fsp3) is 0.562. The first-order valence-corrected chi connectivity index (χ1v) is 7.59. The molecule has 0 spiro atoms. The SMILES string of the molecule is CNc1ccc2[nH]cc(C3CCN(C(C)C)CC3)c2n1. The zero-order valence-corrected chi connectivity index (χ0v) is 12.6. The maximum Gasteiger partial charge on any atom is 0.126 e. The summed E-state index contributed by atoms with van der Waals surface area (Å²) >= 11 is 0. The number of hydrogen-bond acceptors (Lipinski definition) is 3. The highest BCUT2D eigenvalue weighted by Gasteiger charge is 2.24. The molecule has 20 heavy (non-hydrogen) atoms. The number of aromatic nitrogens is 2. The summed E-state index contributed by atoms with van der Waals surface area (Å²) in [7, 11) is 1.92. The predicted octanol–water partition coefficient (Wildman–Crippen LogP) is 3.19. The standard InChI is InChI=1S/C16H24N4/c1-11(2)20-8-6-12(7-9-20)13-10-18-14-4-5-15(17-3)19-16(13)14/h4-5,10-12,18H,6-9H2,1-3H3,(H,17,19). The smallest absolute Gasteiger partial charge is 0.126 e. The lowest BCUT2D eigenvalue weighted by Gasteiger charge is -2.34. The zero-order chi connectivity index (χ0) is 14.1. The van der Waals surface area contributed by atoms with E-state index in [9.17, 15) is 0 Å². The number of H-pyrrole nitrogens is 1. The molecule has 3 rings (SSSR count). The summed E-state index contributed by atoms with van der Waals surface area (Å²) in [6.07, 6.45) is 4.62. The molecule has 2 aromatic heterocycles. The average molecular weight is 272 g/mol. The lowest BCUT2D eigenvalue weighted by molar-refractivity contribution is 0.172. The van der Waals surface area contributed by atoms with Crippen molar-refractivity contribution in [2.24, 2.45) is 0 Å². The van der Waals surface area contributed by atoms with Crippen molar-refractivity contribution < 1.29 is 0 Å². The van der Waals surface area contributed by atoms with Crippen molar-refractivity contribution in [1.82, 2.24) is 14.9 Å². The van der Waals surface area contributed by atoms with E-state index in [1.165, 1.54) is 31.5 Å². The van der Waals surface area contributed by atoms with Gasteiger partial charge in [-0.3, -0.25) is 0 Å². The fourth-order valence-electron chi connectivity index (χ4n) is 3.20. The Morgan fingerprint density at radius 3 is 2.70 bits per heavy atom. The Balaban J connectivity index is 1.84. The number of anilines is 1. The minimum absolute atomic E-state index is 0.637. The summed E-state index contributed by atoms with van der Waals surface area (Å²) in [5, 5.41) is 3.13. The van der Waals surface area contributed by atoms with E-state index in [0.717, 1.165) is 16.9 Å². The van der Waals surface area contributed by atoms with Crippen LogP contribution in [0.1, 0.15) is 38.2 Å². The van der Waals surface area contributed by atoms with Crippen LogP contribution in [0.15, 0.2) is 18.3 Å². The maximum atomic E-state index is 4.73. The Kier molecular flexibility index (Phi) is 3.66. The van der Waals surface area contributed by atoms with Crippen LogP contribution in [0.25, 0.3) is 11.0 Å². The van der Waals surface area contributed by atoms with E-state index in [-0.39, 0.29) is 0 Å². The molecule has 4 nitrogen and oxygen atoms in total. The van der Waals surface area contributed by atoms with Crippen LogP contribution in [0.2, 0.25) is 0 Å². The van der Waals surface area contributed by atoms with Gasteiger partial charge in [0.15, 0.2) is 0 Å². The van der Waals surface area contributed by atoms with Crippen LogP contribution in [0, 0.1) is 0 Å². The lowest BCUT2D eigenvalue weighted by atomic mass is 9.90. The first-order valence-electron chi connectivity index (χ1n) is 7.59. The maximum absolute atomic E-state index is 4.73. The molecular weight excluding hydrogens is 248 g/mol. The minimum Gasteiger partial charge on any atom is -0.373 e. The molecule has 1 saturated heterocycles. The summed E-state index contributed by atoms with van der Waals surface area (Å²) in [5.74, 6) is 1.58. The second-order valence-corrected chi connectivity index (χ2v) is 5.99. The number of hydrogen-bond donors (Lipinski definition) is 2. The molecule has 4 heteroatoms. The first-order chi connectivity index (χ1) is 9.69. The molecule has 2 aromatic rings. The van der Waals surface area contributed by atoms with Crippen LogP contribution in [-0.4, -0.2) is 41.0 Å². The third-order valence-electron chi connectivity index (χ3n) is 4.51. The molecule has 0 amide bonds. The van der Waals surface area contributed by atoms with Gasteiger partial charge in [0.2, 0.25) is 0 Å². The monoisotopic (exact) mass is 272 g/mol. The van der Waals surface area contributed by atoms with Crippen LogP contribution in [0.4, 0.5) is 5.82 Å². The van der Waals surface area contributed by atoms with Gasteiger partial charge in [0.25, 0.3) is 0 Å². The quantitative estimate of drug-likeness (QED) is 0.902. The minimum atomic E-state index is 0.637. The Hall–Kier alpha value is -1.55. The first kappa shape index (κ1) is 13.4. The predicted molar refractivity (Wildman–Crippen MR) is 84.3 cm³/mol. The van der Waals surface area contributed by atoms with Gasteiger partial charge in [0, 0.05) is 19.3 Å². The Morgan fingerprint density at radius 1 is 1.30 bits per heavy atom. The Bertz CT molecular complexity index is 579. The summed E-state index contributed by atoms with van der Waals surface area (Å²) in [6.45, 7) is 6.96. The topological polar surface area (TPSA) is 44.0 Å². The molecule has 0 saturated carbocycles. The second kappa shape index (κ2) is 5.44. The molecule has 3 heterocycles. The van der Waals surface area contributed by atoms with Crippen molar-refractivity contribution >= 4 is 16.9 Å². The van der Waals surface area contributed by atoms with Crippen LogP contribution < -0.4 is 5.32 Å². The number of pyridine rings is 1. The summed E-state index contributed by atoms with van der Waals surface area (Å²) in [6, 6.07) is 4.79. The van der Waals surface area contributed by atoms with Gasteiger partial charge < -0.3 is 15.2 Å². The van der Waals surface area contributed by atoms with Gasteiger partial charge in [0.05, 0.1) is 11.0 Å². The van der Waals surface area contributed by atoms with Crippen LogP contribution in [0.3, 0.4) is 0 Å². The number of piperidine rings is 1. The highest BCUT2D eigenvalue weighted by atomic mass is 15.1. The van der Waals surface area contributed by atoms with Crippen LogP contribution >= 0.6 is 0 Å². The van der Waals surface area contributed by atoms with E-state index < -0.39 is 0 Å². The highest BCUT2D eigenvalue weighted by molar-refractivity contribution is 5.81. The zero-order valence-electron chi connectivity index (χ0n) is 12.6. The molecule has 1 fully saturated rings. The molecule has 0 aliphatic carbocycles. The molecule has 108 valence electrons. The van der Waals surface area contributed by atoms with E-state index in [2.05, 4.69) is 41.3 Å². The van der Waals surface area contributed by atoms with Gasteiger partial charge in [-0.15, -0.1) is 0 Å². The molecule has 2 N–H and O–H groups in total. The van der Waals surface area contributed by atoms with E-state index in [1.807, 2.05) is 13.1 Å². The van der Waals surface area contributed by atoms with E-state index in [4.69, 9.17) is 4.98 Å². The van der Waals surface area contributed by atoms with Gasteiger partial charge in [0.1, 0.15) is 5.82 Å². The van der Waals surface area contributed by atoms with E-state index in [1.54, 1.807) is 0 Å². The molecule has 0 atom stereocenters. The molecular formula is C16H24N4. The van der Waals surface area contributed by atoms with Crippen molar-refractivity contribution in [2.45, 2.75) is 38.6 Å². The summed E-state index contributed by atoms with van der Waals surface area (Å²) in [5.41, 5.74) is 3.67. The van der Waals surface area contributed by atoms with Crippen LogP contribution in [-0.2, 0) is 0 Å². The van der Waals surface area contributed by atoms with Gasteiger partial charge >= 0.3 is 0 Å².